The molecule has 0 saturated carbocycles. The molecule has 0 aliphatic carbocycles. The van der Waals surface area contributed by atoms with Crippen molar-refractivity contribution in [3.63, 3.8) is 0 Å². The van der Waals surface area contributed by atoms with Crippen molar-refractivity contribution in [1.82, 2.24) is 0 Å². The highest BCUT2D eigenvalue weighted by atomic mass is 35.5. The van der Waals surface area contributed by atoms with Gasteiger partial charge in [0.05, 0.1) is 5.69 Å². The van der Waals surface area contributed by atoms with Crippen LogP contribution in [0.25, 0.3) is 0 Å². The average Bonchev–Trinajstić information content (AvgIpc) is 2.28. The van der Waals surface area contributed by atoms with E-state index >= 15 is 0 Å². The van der Waals surface area contributed by atoms with Gasteiger partial charge in [-0.3, -0.25) is 9.59 Å². The number of benzene rings is 1. The summed E-state index contributed by atoms with van der Waals surface area (Å²) in [6.45, 7) is -0.0487. The molecule has 2 rings (SSSR count). The number of rotatable bonds is 2. The molecule has 1 aromatic rings. The highest BCUT2D eigenvalue weighted by Crippen LogP contribution is 2.30. The topological polar surface area (TPSA) is 67.4 Å². The first-order valence-corrected chi connectivity index (χ1v) is 5.15. The van der Waals surface area contributed by atoms with Crippen LogP contribution in [-0.2, 0) is 9.59 Å². The number of nitrogens with one attached hydrogen (secondary N) is 2. The number of anilines is 2. The van der Waals surface area contributed by atoms with Crippen LogP contribution >= 0.6 is 11.6 Å². The van der Waals surface area contributed by atoms with Crippen molar-refractivity contribution in [3.8, 4) is 5.75 Å². The number of alkyl halides is 2. The number of hydrogen-bond donors (Lipinski definition) is 2. The smallest absolute Gasteiger partial charge is 0.274 e. The Morgan fingerprint density at radius 2 is 2.35 bits per heavy atom. The standard InChI is InChI=1S/C10H8ClFN2O3/c11-9(12)10(16)13-5-1-2-7-6(3-5)14-8(15)4-17-7/h1-3,9H,4H2,(H,13,16)(H,14,15). The van der Waals surface area contributed by atoms with Crippen LogP contribution in [-0.4, -0.2) is 24.1 Å². The van der Waals surface area contributed by atoms with Gasteiger partial charge in [0.1, 0.15) is 5.75 Å². The van der Waals surface area contributed by atoms with Crippen LogP contribution in [0.3, 0.4) is 0 Å². The van der Waals surface area contributed by atoms with Gasteiger partial charge in [0.15, 0.2) is 6.61 Å². The van der Waals surface area contributed by atoms with Crippen LogP contribution < -0.4 is 15.4 Å². The lowest BCUT2D eigenvalue weighted by Crippen LogP contribution is -2.25. The minimum atomic E-state index is -2.11. The summed E-state index contributed by atoms with van der Waals surface area (Å²) >= 11 is 4.97. The zero-order valence-electron chi connectivity index (χ0n) is 8.50. The lowest BCUT2D eigenvalue weighted by molar-refractivity contribution is -0.119. The van der Waals surface area contributed by atoms with Gasteiger partial charge in [0.2, 0.25) is 0 Å². The van der Waals surface area contributed by atoms with E-state index in [1.807, 2.05) is 0 Å². The number of amides is 2. The van der Waals surface area contributed by atoms with Crippen LogP contribution in [0.4, 0.5) is 15.8 Å². The first kappa shape index (κ1) is 11.7. The Labute approximate surface area is 101 Å². The lowest BCUT2D eigenvalue weighted by Gasteiger charge is -2.18. The Bertz CT molecular complexity index is 479. The van der Waals surface area contributed by atoms with Crippen molar-refractivity contribution in [3.05, 3.63) is 18.2 Å². The van der Waals surface area contributed by atoms with Crippen molar-refractivity contribution in [1.29, 1.82) is 0 Å². The second-order valence-electron chi connectivity index (χ2n) is 3.34. The second kappa shape index (κ2) is 4.58. The highest BCUT2D eigenvalue weighted by Gasteiger charge is 2.18. The number of carbonyl (C=O) groups is 2. The molecule has 17 heavy (non-hydrogen) atoms. The van der Waals surface area contributed by atoms with Crippen molar-refractivity contribution in [2.75, 3.05) is 17.2 Å². The lowest BCUT2D eigenvalue weighted by atomic mass is 10.2. The molecule has 0 spiro atoms. The second-order valence-corrected chi connectivity index (χ2v) is 3.72. The fourth-order valence-corrected chi connectivity index (χ4v) is 1.41. The number of hydrogen-bond acceptors (Lipinski definition) is 3. The van der Waals surface area contributed by atoms with Gasteiger partial charge in [-0.1, -0.05) is 11.6 Å². The molecule has 0 saturated heterocycles. The summed E-state index contributed by atoms with van der Waals surface area (Å²) in [5.41, 5.74) is -1.37. The maximum Gasteiger partial charge on any atom is 0.274 e. The average molecular weight is 259 g/mol. The third kappa shape index (κ3) is 2.65. The molecule has 2 N–H and O–H groups in total. The van der Waals surface area contributed by atoms with E-state index in [9.17, 15) is 14.0 Å². The van der Waals surface area contributed by atoms with Crippen LogP contribution in [0.5, 0.6) is 5.75 Å². The molecule has 0 radical (unpaired) electrons. The summed E-state index contributed by atoms with van der Waals surface area (Å²) in [4.78, 5) is 22.1. The summed E-state index contributed by atoms with van der Waals surface area (Å²) in [5, 5.41) is 4.81. The van der Waals surface area contributed by atoms with Gasteiger partial charge < -0.3 is 15.4 Å². The van der Waals surface area contributed by atoms with Crippen molar-refractivity contribution in [2.45, 2.75) is 5.63 Å². The fourth-order valence-electron chi connectivity index (χ4n) is 1.36. The summed E-state index contributed by atoms with van der Waals surface area (Å²) in [5.74, 6) is -0.762. The summed E-state index contributed by atoms with van der Waals surface area (Å²) in [6.07, 6.45) is 0. The largest absolute Gasteiger partial charge is 0.482 e. The fraction of sp³-hybridized carbons (Fsp3) is 0.200. The number of fused-ring (bicyclic) bond motifs is 1. The molecule has 1 atom stereocenters. The Kier molecular flexibility index (Phi) is 3.14. The molecule has 0 aromatic heterocycles. The Balaban J connectivity index is 2.18. The highest BCUT2D eigenvalue weighted by molar-refractivity contribution is 6.31. The third-order valence-electron chi connectivity index (χ3n) is 2.08. The van der Waals surface area contributed by atoms with Crippen molar-refractivity contribution < 1.29 is 18.7 Å². The van der Waals surface area contributed by atoms with E-state index < -0.39 is 11.5 Å². The summed E-state index contributed by atoms with van der Waals surface area (Å²) in [7, 11) is 0. The Hall–Kier alpha value is -1.82. The molecule has 1 aliphatic rings. The number of halogens is 2. The zero-order chi connectivity index (χ0) is 12.4. The third-order valence-corrected chi connectivity index (χ3v) is 2.28. The first-order valence-electron chi connectivity index (χ1n) is 4.72. The molecular formula is C10H8ClFN2O3. The van der Waals surface area contributed by atoms with Gasteiger partial charge in [-0.15, -0.1) is 0 Å². The van der Waals surface area contributed by atoms with Crippen LogP contribution in [0, 0.1) is 0 Å². The molecular weight excluding hydrogens is 251 g/mol. The van der Waals surface area contributed by atoms with E-state index in [0.29, 0.717) is 17.1 Å². The van der Waals surface area contributed by atoms with Gasteiger partial charge in [-0.05, 0) is 18.2 Å². The van der Waals surface area contributed by atoms with Crippen molar-refractivity contribution in [2.24, 2.45) is 0 Å². The zero-order valence-corrected chi connectivity index (χ0v) is 9.25. The Morgan fingerprint density at radius 1 is 1.59 bits per heavy atom. The van der Waals surface area contributed by atoms with E-state index in [-0.39, 0.29) is 12.5 Å². The SMILES string of the molecule is O=C1COc2ccc(NC(=O)C(F)Cl)cc2N1. The molecule has 5 nitrogen and oxygen atoms in total. The number of ether oxygens (including phenoxy) is 1. The van der Waals surface area contributed by atoms with E-state index in [0.717, 1.165) is 0 Å². The van der Waals surface area contributed by atoms with E-state index in [1.54, 1.807) is 6.07 Å². The van der Waals surface area contributed by atoms with E-state index in [2.05, 4.69) is 10.6 Å². The molecule has 90 valence electrons. The van der Waals surface area contributed by atoms with Gasteiger partial charge in [0, 0.05) is 5.69 Å². The van der Waals surface area contributed by atoms with Crippen LogP contribution in [0.2, 0.25) is 0 Å². The molecule has 1 aromatic carbocycles. The quantitative estimate of drug-likeness (QED) is 0.790. The predicted octanol–water partition coefficient (Wildman–Crippen LogP) is 1.49. The van der Waals surface area contributed by atoms with Gasteiger partial charge in [-0.2, -0.15) is 0 Å². The predicted molar refractivity (Wildman–Crippen MR) is 59.9 cm³/mol. The Morgan fingerprint density at radius 3 is 3.06 bits per heavy atom. The molecule has 0 fully saturated rings. The van der Waals surface area contributed by atoms with E-state index in [1.165, 1.54) is 12.1 Å². The van der Waals surface area contributed by atoms with Gasteiger partial charge in [-0.25, -0.2) is 4.39 Å². The van der Waals surface area contributed by atoms with Gasteiger partial charge >= 0.3 is 0 Å². The minimum Gasteiger partial charge on any atom is -0.482 e. The monoisotopic (exact) mass is 258 g/mol. The summed E-state index contributed by atoms with van der Waals surface area (Å²) < 4.78 is 17.6. The maximum absolute atomic E-state index is 12.4. The van der Waals surface area contributed by atoms with Gasteiger partial charge in [0.25, 0.3) is 17.4 Å². The van der Waals surface area contributed by atoms with Crippen LogP contribution in [0.15, 0.2) is 18.2 Å². The first-order chi connectivity index (χ1) is 8.06. The molecule has 0 bridgehead atoms. The molecule has 7 heteroatoms. The van der Waals surface area contributed by atoms with E-state index in [4.69, 9.17) is 16.3 Å². The van der Waals surface area contributed by atoms with Crippen LogP contribution in [0.1, 0.15) is 0 Å². The maximum atomic E-state index is 12.4. The molecule has 1 unspecified atom stereocenters. The molecule has 1 heterocycles. The summed E-state index contributed by atoms with van der Waals surface area (Å²) in [6, 6.07) is 4.54. The normalized spacial score (nSPS) is 15.3. The molecule has 2 amide bonds. The van der Waals surface area contributed by atoms with Crippen molar-refractivity contribution >= 4 is 34.8 Å². The molecule has 1 aliphatic heterocycles. The minimum absolute atomic E-state index is 0.0487. The number of carbonyl (C=O) groups excluding carboxylic acids is 2.